The quantitative estimate of drug-likeness (QED) is 0.741. The molecule has 1 aromatic heterocycles. The summed E-state index contributed by atoms with van der Waals surface area (Å²) >= 11 is 0. The fourth-order valence-corrected chi connectivity index (χ4v) is 3.79. The van der Waals surface area contributed by atoms with Crippen molar-refractivity contribution in [1.29, 1.82) is 0 Å². The molecule has 5 nitrogen and oxygen atoms in total. The molecule has 0 radical (unpaired) electrons. The molecule has 0 saturated carbocycles. The summed E-state index contributed by atoms with van der Waals surface area (Å²) in [6.45, 7) is 8.15. The van der Waals surface area contributed by atoms with Crippen molar-refractivity contribution in [3.63, 3.8) is 0 Å². The molecule has 0 atom stereocenters. The normalized spacial score (nSPS) is 17.4. The molecule has 1 aromatic carbocycles. The molecule has 3 rings (SSSR count). The predicted molar refractivity (Wildman–Crippen MR) is 108 cm³/mol. The molecule has 1 N–H and O–H groups in total. The van der Waals surface area contributed by atoms with Crippen LogP contribution >= 0.6 is 0 Å². The van der Waals surface area contributed by atoms with Crippen molar-refractivity contribution >= 4 is 26.7 Å². The zero-order chi connectivity index (χ0) is 20.7. The second-order valence-corrected chi connectivity index (χ2v) is 10.1. The van der Waals surface area contributed by atoms with E-state index in [1.54, 1.807) is 19.1 Å². The summed E-state index contributed by atoms with van der Waals surface area (Å²) in [7, 11) is -3.38. The summed E-state index contributed by atoms with van der Waals surface area (Å²) in [5, 5.41) is 0. The fourth-order valence-electron chi connectivity index (χ4n) is 3.16. The van der Waals surface area contributed by atoms with E-state index < -0.39 is 15.9 Å². The highest BCUT2D eigenvalue weighted by Gasteiger charge is 2.27. The van der Waals surface area contributed by atoms with Crippen molar-refractivity contribution in [3.05, 3.63) is 48.3 Å². The molecule has 0 amide bonds. The van der Waals surface area contributed by atoms with Crippen LogP contribution in [-0.2, 0) is 22.0 Å². The lowest BCUT2D eigenvalue weighted by molar-refractivity contribution is 0.108. The van der Waals surface area contributed by atoms with Crippen molar-refractivity contribution in [2.75, 3.05) is 10.5 Å². The standard InChI is InChI=1S/C20H25F2N3O2S/c1-5-28(26,27)24-15-6-7-17-16(12-15)23-18(19(2,3)4)25(17)13-14-8-10-20(21,22)11-9-14/h6-12,14,24H,5,13H2,1-4H3. The van der Waals surface area contributed by atoms with Gasteiger partial charge in [0.1, 0.15) is 5.82 Å². The van der Waals surface area contributed by atoms with E-state index in [2.05, 4.69) is 4.72 Å². The van der Waals surface area contributed by atoms with Crippen molar-refractivity contribution in [2.24, 2.45) is 5.92 Å². The molecule has 0 bridgehead atoms. The molecule has 1 aliphatic rings. The first-order valence-electron chi connectivity index (χ1n) is 9.18. The number of alkyl halides is 2. The minimum absolute atomic E-state index is 0.0162. The topological polar surface area (TPSA) is 64.0 Å². The number of halogens is 2. The zero-order valence-corrected chi connectivity index (χ0v) is 17.2. The van der Waals surface area contributed by atoms with Crippen LogP contribution in [0.3, 0.4) is 0 Å². The van der Waals surface area contributed by atoms with E-state index in [4.69, 9.17) is 4.98 Å². The van der Waals surface area contributed by atoms with Gasteiger partial charge in [0.05, 0.1) is 22.5 Å². The molecular formula is C20H25F2N3O2S. The third-order valence-electron chi connectivity index (χ3n) is 4.60. The van der Waals surface area contributed by atoms with Crippen LogP contribution < -0.4 is 4.72 Å². The van der Waals surface area contributed by atoms with Crippen molar-refractivity contribution in [3.8, 4) is 0 Å². The van der Waals surface area contributed by atoms with Crippen LogP contribution in [0.15, 0.2) is 42.5 Å². The minimum atomic E-state index is -3.38. The van der Waals surface area contributed by atoms with E-state index in [-0.39, 0.29) is 17.1 Å². The van der Waals surface area contributed by atoms with Crippen LogP contribution in [0.4, 0.5) is 14.5 Å². The smallest absolute Gasteiger partial charge is 0.284 e. The first kappa shape index (κ1) is 20.5. The van der Waals surface area contributed by atoms with Gasteiger partial charge in [0.2, 0.25) is 10.0 Å². The Morgan fingerprint density at radius 3 is 2.43 bits per heavy atom. The number of anilines is 1. The van der Waals surface area contributed by atoms with Gasteiger partial charge >= 0.3 is 0 Å². The van der Waals surface area contributed by atoms with Crippen molar-refractivity contribution in [1.82, 2.24) is 9.55 Å². The van der Waals surface area contributed by atoms with Gasteiger partial charge in [0.25, 0.3) is 5.92 Å². The second-order valence-electron chi connectivity index (χ2n) is 8.06. The fraction of sp³-hybridized carbons (Fsp3) is 0.450. The van der Waals surface area contributed by atoms with Gasteiger partial charge in [0.15, 0.2) is 0 Å². The van der Waals surface area contributed by atoms with Gasteiger partial charge in [-0.1, -0.05) is 32.9 Å². The number of nitrogens with zero attached hydrogens (tertiary/aromatic N) is 2. The first-order chi connectivity index (χ1) is 12.9. The number of imidazole rings is 1. The summed E-state index contributed by atoms with van der Waals surface area (Å²) in [5.74, 6) is -2.27. The van der Waals surface area contributed by atoms with E-state index in [0.717, 1.165) is 23.5 Å². The average molecular weight is 410 g/mol. The van der Waals surface area contributed by atoms with E-state index in [1.807, 2.05) is 31.4 Å². The highest BCUT2D eigenvalue weighted by molar-refractivity contribution is 7.92. The van der Waals surface area contributed by atoms with Gasteiger partial charge in [0, 0.05) is 17.9 Å². The number of hydrogen-bond acceptors (Lipinski definition) is 3. The van der Waals surface area contributed by atoms with E-state index in [0.29, 0.717) is 17.7 Å². The maximum absolute atomic E-state index is 13.3. The Kier molecular flexibility index (Phi) is 5.12. The van der Waals surface area contributed by atoms with Gasteiger partial charge in [-0.2, -0.15) is 8.78 Å². The van der Waals surface area contributed by atoms with Crippen LogP contribution in [0.2, 0.25) is 0 Å². The molecule has 152 valence electrons. The van der Waals surface area contributed by atoms with Gasteiger partial charge < -0.3 is 4.57 Å². The maximum Gasteiger partial charge on any atom is 0.284 e. The Bertz CT molecular complexity index is 1030. The van der Waals surface area contributed by atoms with Crippen LogP contribution in [0.1, 0.15) is 33.5 Å². The molecule has 0 spiro atoms. The van der Waals surface area contributed by atoms with E-state index >= 15 is 0 Å². The number of nitrogens with one attached hydrogen (secondary N) is 1. The van der Waals surface area contributed by atoms with Crippen molar-refractivity contribution < 1.29 is 17.2 Å². The number of allylic oxidation sites excluding steroid dienone is 4. The monoisotopic (exact) mass is 409 g/mol. The summed E-state index contributed by atoms with van der Waals surface area (Å²) in [5.41, 5.74) is 1.68. The highest BCUT2D eigenvalue weighted by atomic mass is 32.2. The summed E-state index contributed by atoms with van der Waals surface area (Å²) in [6.07, 6.45) is 4.88. The summed E-state index contributed by atoms with van der Waals surface area (Å²) in [4.78, 5) is 4.73. The van der Waals surface area contributed by atoms with Crippen LogP contribution in [0.5, 0.6) is 0 Å². The van der Waals surface area contributed by atoms with Crippen molar-refractivity contribution in [2.45, 2.75) is 45.6 Å². The second kappa shape index (κ2) is 6.99. The third kappa shape index (κ3) is 4.43. The molecule has 0 fully saturated rings. The molecule has 1 heterocycles. The lowest BCUT2D eigenvalue weighted by atomic mass is 9.95. The van der Waals surface area contributed by atoms with Gasteiger partial charge in [-0.25, -0.2) is 13.4 Å². The van der Waals surface area contributed by atoms with Crippen LogP contribution in [0.25, 0.3) is 11.0 Å². The zero-order valence-electron chi connectivity index (χ0n) is 16.4. The molecule has 1 aliphatic carbocycles. The van der Waals surface area contributed by atoms with Gasteiger partial charge in [-0.3, -0.25) is 4.72 Å². The SMILES string of the molecule is CCS(=O)(=O)Nc1ccc2c(c1)nc(C(C)(C)C)n2CC1C=CC(F)(F)C=C1. The Morgan fingerprint density at radius 1 is 1.21 bits per heavy atom. The molecular weight excluding hydrogens is 384 g/mol. The Morgan fingerprint density at radius 2 is 1.86 bits per heavy atom. The Hall–Kier alpha value is -2.22. The number of hydrogen-bond donors (Lipinski definition) is 1. The van der Waals surface area contributed by atoms with Gasteiger partial charge in [-0.05, 0) is 37.3 Å². The molecule has 0 saturated heterocycles. The Labute approximate surface area is 164 Å². The van der Waals surface area contributed by atoms with E-state index in [1.165, 1.54) is 12.2 Å². The Balaban J connectivity index is 2.02. The maximum atomic E-state index is 13.3. The van der Waals surface area contributed by atoms with Gasteiger partial charge in [-0.15, -0.1) is 0 Å². The molecule has 0 unspecified atom stereocenters. The summed E-state index contributed by atoms with van der Waals surface area (Å²) < 4.78 is 54.9. The predicted octanol–water partition coefficient (Wildman–Crippen LogP) is 4.47. The lowest BCUT2D eigenvalue weighted by Crippen LogP contribution is -2.22. The third-order valence-corrected chi connectivity index (χ3v) is 5.90. The molecule has 2 aromatic rings. The number of rotatable bonds is 5. The number of fused-ring (bicyclic) bond motifs is 1. The minimum Gasteiger partial charge on any atom is -0.327 e. The summed E-state index contributed by atoms with van der Waals surface area (Å²) in [6, 6.07) is 5.21. The molecule has 0 aliphatic heterocycles. The first-order valence-corrected chi connectivity index (χ1v) is 10.8. The van der Waals surface area contributed by atoms with Crippen LogP contribution in [0, 0.1) is 5.92 Å². The highest BCUT2D eigenvalue weighted by Crippen LogP contribution is 2.31. The number of aromatic nitrogens is 2. The lowest BCUT2D eigenvalue weighted by Gasteiger charge is -2.23. The van der Waals surface area contributed by atoms with E-state index in [9.17, 15) is 17.2 Å². The molecule has 28 heavy (non-hydrogen) atoms. The molecule has 8 heteroatoms. The van der Waals surface area contributed by atoms with Crippen LogP contribution in [-0.4, -0.2) is 29.6 Å². The number of benzene rings is 1. The largest absolute Gasteiger partial charge is 0.327 e. The average Bonchev–Trinajstić information content (AvgIpc) is 2.94. The number of sulfonamides is 1.